The fourth-order valence-electron chi connectivity index (χ4n) is 2.89. The van der Waals surface area contributed by atoms with E-state index in [9.17, 15) is 0 Å². The standard InChI is InChI=1S/C18H29N3O.HI/c1-2-22-14-12-18(10-6-11-18)15-21-17(19)20-13-9-16-7-4-3-5-8-16;/h3-5,7-8H,2,6,9-15H2,1H3,(H3,19,20,21);1H. The summed E-state index contributed by atoms with van der Waals surface area (Å²) in [6.45, 7) is 5.33. The van der Waals surface area contributed by atoms with Gasteiger partial charge >= 0.3 is 0 Å². The third-order valence-corrected chi connectivity index (χ3v) is 4.54. The van der Waals surface area contributed by atoms with Crippen molar-refractivity contribution in [3.05, 3.63) is 35.9 Å². The molecule has 23 heavy (non-hydrogen) atoms. The number of halogens is 1. The molecule has 5 heteroatoms. The lowest BCUT2D eigenvalue weighted by Gasteiger charge is -2.40. The summed E-state index contributed by atoms with van der Waals surface area (Å²) in [4.78, 5) is 4.56. The maximum absolute atomic E-state index is 5.99. The van der Waals surface area contributed by atoms with Crippen molar-refractivity contribution in [3.63, 3.8) is 0 Å². The van der Waals surface area contributed by atoms with E-state index in [1.165, 1.54) is 24.8 Å². The van der Waals surface area contributed by atoms with Crippen LogP contribution in [0.4, 0.5) is 0 Å². The van der Waals surface area contributed by atoms with Crippen LogP contribution in [-0.2, 0) is 11.2 Å². The van der Waals surface area contributed by atoms with Gasteiger partial charge in [0.25, 0.3) is 0 Å². The van der Waals surface area contributed by atoms with Gasteiger partial charge in [-0.15, -0.1) is 24.0 Å². The molecule has 3 N–H and O–H groups in total. The van der Waals surface area contributed by atoms with E-state index in [0.717, 1.165) is 39.1 Å². The molecule has 0 aliphatic heterocycles. The lowest BCUT2D eigenvalue weighted by atomic mass is 9.67. The summed E-state index contributed by atoms with van der Waals surface area (Å²) in [5.74, 6) is 0.568. The minimum atomic E-state index is 0. The van der Waals surface area contributed by atoms with Gasteiger partial charge in [0.05, 0.1) is 0 Å². The molecule has 1 aromatic carbocycles. The van der Waals surface area contributed by atoms with Crippen molar-refractivity contribution in [3.8, 4) is 0 Å². The number of nitrogens with one attached hydrogen (secondary N) is 1. The molecular formula is C18H30IN3O. The van der Waals surface area contributed by atoms with Crippen LogP contribution in [0.5, 0.6) is 0 Å². The summed E-state index contributed by atoms with van der Waals surface area (Å²) in [7, 11) is 0. The van der Waals surface area contributed by atoms with Crippen molar-refractivity contribution in [2.75, 3.05) is 26.3 Å². The lowest BCUT2D eigenvalue weighted by Crippen LogP contribution is -2.38. The van der Waals surface area contributed by atoms with Crippen LogP contribution >= 0.6 is 24.0 Å². The molecule has 1 aromatic rings. The van der Waals surface area contributed by atoms with Gasteiger partial charge in [0.1, 0.15) is 0 Å². The average Bonchev–Trinajstić information content (AvgIpc) is 2.50. The number of hydrogen-bond acceptors (Lipinski definition) is 2. The molecule has 130 valence electrons. The van der Waals surface area contributed by atoms with E-state index < -0.39 is 0 Å². The fourth-order valence-corrected chi connectivity index (χ4v) is 2.89. The van der Waals surface area contributed by atoms with Crippen molar-refractivity contribution in [2.24, 2.45) is 16.1 Å². The molecule has 0 radical (unpaired) electrons. The topological polar surface area (TPSA) is 59.6 Å². The largest absolute Gasteiger partial charge is 0.382 e. The Morgan fingerprint density at radius 2 is 2.04 bits per heavy atom. The summed E-state index contributed by atoms with van der Waals surface area (Å²) < 4.78 is 5.49. The molecule has 0 heterocycles. The normalized spacial score (nSPS) is 16.3. The van der Waals surface area contributed by atoms with Crippen molar-refractivity contribution < 1.29 is 4.74 Å². The van der Waals surface area contributed by atoms with Crippen molar-refractivity contribution in [1.29, 1.82) is 0 Å². The zero-order chi connectivity index (χ0) is 15.7. The van der Waals surface area contributed by atoms with Gasteiger partial charge in [-0.1, -0.05) is 36.8 Å². The highest BCUT2D eigenvalue weighted by Gasteiger charge is 2.36. The highest BCUT2D eigenvalue weighted by molar-refractivity contribution is 14.0. The second-order valence-corrected chi connectivity index (χ2v) is 6.16. The van der Waals surface area contributed by atoms with Gasteiger partial charge in [0.2, 0.25) is 0 Å². The third kappa shape index (κ3) is 7.08. The summed E-state index contributed by atoms with van der Waals surface area (Å²) in [6, 6.07) is 10.4. The van der Waals surface area contributed by atoms with Crippen LogP contribution in [0, 0.1) is 5.41 Å². The Morgan fingerprint density at radius 1 is 1.30 bits per heavy atom. The molecule has 0 unspecified atom stereocenters. The molecule has 0 spiro atoms. The Hall–Kier alpha value is -0.820. The molecule has 2 rings (SSSR count). The van der Waals surface area contributed by atoms with E-state index in [4.69, 9.17) is 10.5 Å². The Kier molecular flexibility index (Phi) is 9.55. The van der Waals surface area contributed by atoms with Crippen LogP contribution < -0.4 is 11.1 Å². The van der Waals surface area contributed by atoms with Crippen LogP contribution in [0.1, 0.15) is 38.2 Å². The number of guanidine groups is 1. The van der Waals surface area contributed by atoms with Crippen molar-refractivity contribution >= 4 is 29.9 Å². The second kappa shape index (κ2) is 10.9. The Labute approximate surface area is 157 Å². The van der Waals surface area contributed by atoms with E-state index in [1.807, 2.05) is 13.0 Å². The lowest BCUT2D eigenvalue weighted by molar-refractivity contribution is 0.0609. The molecule has 1 fully saturated rings. The molecule has 0 bridgehead atoms. The van der Waals surface area contributed by atoms with Crippen LogP contribution in [0.15, 0.2) is 35.3 Å². The number of rotatable bonds is 9. The smallest absolute Gasteiger partial charge is 0.188 e. The number of benzene rings is 1. The highest BCUT2D eigenvalue weighted by atomic mass is 127. The Bertz CT molecular complexity index is 461. The number of aliphatic imine (C=N–C) groups is 1. The predicted molar refractivity (Wildman–Crippen MR) is 107 cm³/mol. The molecule has 0 aromatic heterocycles. The van der Waals surface area contributed by atoms with E-state index in [1.54, 1.807) is 0 Å². The zero-order valence-electron chi connectivity index (χ0n) is 14.1. The van der Waals surface area contributed by atoms with Gasteiger partial charge in [-0.3, -0.25) is 4.99 Å². The number of nitrogens with two attached hydrogens (primary N) is 1. The minimum absolute atomic E-state index is 0. The zero-order valence-corrected chi connectivity index (χ0v) is 16.4. The summed E-state index contributed by atoms with van der Waals surface area (Å²) in [5.41, 5.74) is 7.64. The average molecular weight is 431 g/mol. The first-order chi connectivity index (χ1) is 10.7. The first kappa shape index (κ1) is 20.2. The minimum Gasteiger partial charge on any atom is -0.382 e. The first-order valence-corrected chi connectivity index (χ1v) is 8.39. The van der Waals surface area contributed by atoms with Crippen molar-refractivity contribution in [2.45, 2.75) is 39.0 Å². The Morgan fingerprint density at radius 3 is 2.65 bits per heavy atom. The van der Waals surface area contributed by atoms with Gasteiger partial charge in [0, 0.05) is 26.3 Å². The Balaban J connectivity index is 0.00000264. The summed E-state index contributed by atoms with van der Waals surface area (Å²) in [5, 5.41) is 3.22. The molecule has 1 aliphatic carbocycles. The fraction of sp³-hybridized carbons (Fsp3) is 0.611. The summed E-state index contributed by atoms with van der Waals surface area (Å²) in [6.07, 6.45) is 5.87. The monoisotopic (exact) mass is 431 g/mol. The number of hydrogen-bond donors (Lipinski definition) is 2. The molecule has 0 saturated heterocycles. The SMILES string of the molecule is CCOCCC1(CN=C(N)NCCc2ccccc2)CCC1.I. The van der Waals surface area contributed by atoms with Crippen LogP contribution in [0.2, 0.25) is 0 Å². The molecule has 0 amide bonds. The maximum Gasteiger partial charge on any atom is 0.188 e. The number of nitrogens with zero attached hydrogens (tertiary/aromatic N) is 1. The summed E-state index contributed by atoms with van der Waals surface area (Å²) >= 11 is 0. The van der Waals surface area contributed by atoms with E-state index in [0.29, 0.717) is 11.4 Å². The van der Waals surface area contributed by atoms with Crippen LogP contribution in [-0.4, -0.2) is 32.3 Å². The quantitative estimate of drug-likeness (QED) is 0.273. The van der Waals surface area contributed by atoms with Gasteiger partial charge in [-0.2, -0.15) is 0 Å². The molecule has 1 aliphatic rings. The first-order valence-electron chi connectivity index (χ1n) is 8.39. The number of ether oxygens (including phenoxy) is 1. The highest BCUT2D eigenvalue weighted by Crippen LogP contribution is 2.44. The van der Waals surface area contributed by atoms with Gasteiger partial charge in [-0.25, -0.2) is 0 Å². The molecule has 1 saturated carbocycles. The molecular weight excluding hydrogens is 401 g/mol. The van der Waals surface area contributed by atoms with Crippen LogP contribution in [0.3, 0.4) is 0 Å². The molecule has 0 atom stereocenters. The van der Waals surface area contributed by atoms with E-state index >= 15 is 0 Å². The van der Waals surface area contributed by atoms with Gasteiger partial charge in [-0.05, 0) is 43.6 Å². The third-order valence-electron chi connectivity index (χ3n) is 4.54. The second-order valence-electron chi connectivity index (χ2n) is 6.16. The van der Waals surface area contributed by atoms with Gasteiger partial charge < -0.3 is 15.8 Å². The molecule has 4 nitrogen and oxygen atoms in total. The maximum atomic E-state index is 5.99. The predicted octanol–water partition coefficient (Wildman–Crippen LogP) is 3.35. The van der Waals surface area contributed by atoms with Crippen molar-refractivity contribution in [1.82, 2.24) is 5.32 Å². The van der Waals surface area contributed by atoms with E-state index in [2.05, 4.69) is 34.6 Å². The van der Waals surface area contributed by atoms with Crippen LogP contribution in [0.25, 0.3) is 0 Å². The van der Waals surface area contributed by atoms with Gasteiger partial charge in [0.15, 0.2) is 5.96 Å². The van der Waals surface area contributed by atoms with E-state index in [-0.39, 0.29) is 24.0 Å².